The Hall–Kier alpha value is -4.04. The molecule has 2 aromatic heterocycles. The monoisotopic (exact) mass is 598 g/mol. The van der Waals surface area contributed by atoms with Gasteiger partial charge in [-0.25, -0.2) is 4.79 Å². The molecule has 1 aliphatic heterocycles. The highest BCUT2D eigenvalue weighted by atomic mass is 16.5. The molecule has 3 heterocycles. The zero-order valence-corrected chi connectivity index (χ0v) is 26.6. The van der Waals surface area contributed by atoms with Gasteiger partial charge in [0.25, 0.3) is 5.56 Å². The lowest BCUT2D eigenvalue weighted by atomic mass is 9.86. The van der Waals surface area contributed by atoms with Crippen LogP contribution in [0.5, 0.6) is 11.5 Å². The van der Waals surface area contributed by atoms with Gasteiger partial charge in [-0.15, -0.1) is 0 Å². The van der Waals surface area contributed by atoms with Crippen molar-refractivity contribution in [3.63, 3.8) is 0 Å². The highest BCUT2D eigenvalue weighted by Gasteiger charge is 2.36. The summed E-state index contributed by atoms with van der Waals surface area (Å²) < 4.78 is 21.3. The number of nitrogens with zero attached hydrogens (tertiary/aromatic N) is 2. The van der Waals surface area contributed by atoms with Crippen LogP contribution in [0.1, 0.15) is 79.8 Å². The summed E-state index contributed by atoms with van der Waals surface area (Å²) in [5.74, 6) is 0.530. The van der Waals surface area contributed by atoms with Crippen molar-refractivity contribution in [3.05, 3.63) is 80.4 Å². The molecule has 44 heavy (non-hydrogen) atoms. The molecule has 8 nitrogen and oxygen atoms in total. The van der Waals surface area contributed by atoms with Gasteiger partial charge in [0, 0.05) is 30.2 Å². The van der Waals surface area contributed by atoms with Crippen LogP contribution in [0.4, 0.5) is 0 Å². The first-order valence-corrected chi connectivity index (χ1v) is 15.6. The molecule has 0 spiro atoms. The van der Waals surface area contributed by atoms with E-state index in [1.54, 1.807) is 14.2 Å². The Labute approximate surface area is 258 Å². The van der Waals surface area contributed by atoms with E-state index in [2.05, 4.69) is 11.5 Å². The fourth-order valence-corrected chi connectivity index (χ4v) is 7.05. The van der Waals surface area contributed by atoms with E-state index >= 15 is 0 Å². The normalized spacial score (nSPS) is 15.4. The highest BCUT2D eigenvalue weighted by Crippen LogP contribution is 2.45. The zero-order valence-electron chi connectivity index (χ0n) is 26.6. The Morgan fingerprint density at radius 3 is 2.41 bits per heavy atom. The molecule has 0 amide bonds. The van der Waals surface area contributed by atoms with Crippen molar-refractivity contribution in [1.29, 1.82) is 0 Å². The SMILES string of the molecule is COc1ccc(Cn2c3c(c4c(-c5ccc6c(c5C)CCCO6)c(C(OC(C)(C)C)C(=O)O)n(C)c(=O)c42)CCCC3)cc1. The van der Waals surface area contributed by atoms with Crippen LogP contribution in [0.15, 0.2) is 41.2 Å². The van der Waals surface area contributed by atoms with Gasteiger partial charge in [0.05, 0.1) is 25.0 Å². The number of aromatic nitrogens is 2. The van der Waals surface area contributed by atoms with E-state index in [9.17, 15) is 14.7 Å². The molecule has 232 valence electrons. The smallest absolute Gasteiger partial charge is 0.339 e. The molecule has 1 atom stereocenters. The van der Waals surface area contributed by atoms with Crippen molar-refractivity contribution in [2.45, 2.75) is 84.5 Å². The number of hydrogen-bond acceptors (Lipinski definition) is 5. The predicted octanol–water partition coefficient (Wildman–Crippen LogP) is 6.52. The quantitative estimate of drug-likeness (QED) is 0.261. The van der Waals surface area contributed by atoms with Crippen LogP contribution in [0.3, 0.4) is 0 Å². The van der Waals surface area contributed by atoms with Crippen LogP contribution in [-0.4, -0.2) is 39.5 Å². The number of aryl methyl sites for hydroxylation is 1. The van der Waals surface area contributed by atoms with E-state index in [0.717, 1.165) is 94.5 Å². The maximum atomic E-state index is 14.5. The maximum absolute atomic E-state index is 14.5. The number of hydrogen-bond donors (Lipinski definition) is 1. The first-order chi connectivity index (χ1) is 21.0. The molecule has 0 saturated heterocycles. The van der Waals surface area contributed by atoms with Gasteiger partial charge in [0.2, 0.25) is 0 Å². The van der Waals surface area contributed by atoms with Crippen molar-refractivity contribution < 1.29 is 24.1 Å². The average Bonchev–Trinajstić information content (AvgIpc) is 3.32. The Morgan fingerprint density at radius 2 is 1.73 bits per heavy atom. The van der Waals surface area contributed by atoms with Crippen molar-refractivity contribution in [3.8, 4) is 22.6 Å². The van der Waals surface area contributed by atoms with E-state index < -0.39 is 17.7 Å². The topological polar surface area (TPSA) is 91.9 Å². The molecule has 2 aromatic carbocycles. The van der Waals surface area contributed by atoms with Crippen LogP contribution in [0.2, 0.25) is 0 Å². The third kappa shape index (κ3) is 5.19. The number of fused-ring (bicyclic) bond motifs is 4. The number of carboxylic acids is 1. The number of ether oxygens (including phenoxy) is 3. The van der Waals surface area contributed by atoms with Gasteiger partial charge in [0.1, 0.15) is 17.0 Å². The lowest BCUT2D eigenvalue weighted by Crippen LogP contribution is -2.33. The molecule has 1 unspecified atom stereocenters. The molecule has 0 radical (unpaired) electrons. The molecule has 1 aliphatic carbocycles. The summed E-state index contributed by atoms with van der Waals surface area (Å²) in [7, 11) is 3.33. The van der Waals surface area contributed by atoms with E-state index in [1.807, 2.05) is 57.2 Å². The molecule has 6 rings (SSSR count). The van der Waals surface area contributed by atoms with Gasteiger partial charge in [-0.1, -0.05) is 18.2 Å². The number of carbonyl (C=O) groups is 1. The number of methoxy groups -OCH3 is 1. The summed E-state index contributed by atoms with van der Waals surface area (Å²) in [5, 5.41) is 11.5. The van der Waals surface area contributed by atoms with Gasteiger partial charge in [-0.2, -0.15) is 0 Å². The van der Waals surface area contributed by atoms with Gasteiger partial charge >= 0.3 is 5.97 Å². The second-order valence-electron chi connectivity index (χ2n) is 13.0. The summed E-state index contributed by atoms with van der Waals surface area (Å²) in [6.45, 7) is 8.83. The number of rotatable bonds is 7. The molecule has 2 aliphatic rings. The number of pyridine rings is 1. The third-order valence-electron chi connectivity index (χ3n) is 9.05. The number of carboxylic acid groups (broad SMARTS) is 1. The van der Waals surface area contributed by atoms with Crippen LogP contribution >= 0.6 is 0 Å². The molecule has 4 aromatic rings. The van der Waals surface area contributed by atoms with Gasteiger partial charge in [0.15, 0.2) is 6.10 Å². The average molecular weight is 599 g/mol. The third-order valence-corrected chi connectivity index (χ3v) is 9.05. The minimum absolute atomic E-state index is 0.218. The summed E-state index contributed by atoms with van der Waals surface area (Å²) >= 11 is 0. The Kier molecular flexibility index (Phi) is 7.82. The molecule has 8 heteroatoms. The number of benzene rings is 2. The lowest BCUT2D eigenvalue weighted by Gasteiger charge is -2.29. The molecule has 1 N–H and O–H groups in total. The maximum Gasteiger partial charge on any atom is 0.339 e. The Balaban J connectivity index is 1.73. The molecule has 0 bridgehead atoms. The summed E-state index contributed by atoms with van der Waals surface area (Å²) in [5.41, 5.74) is 7.25. The van der Waals surface area contributed by atoms with Crippen LogP contribution < -0.4 is 15.0 Å². The molecule has 0 saturated carbocycles. The first kappa shape index (κ1) is 30.0. The van der Waals surface area contributed by atoms with Crippen LogP contribution in [0, 0.1) is 6.92 Å². The Bertz CT molecular complexity index is 1810. The molecule has 0 fully saturated rings. The summed E-state index contributed by atoms with van der Waals surface area (Å²) in [6, 6.07) is 12.0. The van der Waals surface area contributed by atoms with E-state index in [-0.39, 0.29) is 5.56 Å². The molecular formula is C36H42N2O6. The minimum Gasteiger partial charge on any atom is -0.497 e. The van der Waals surface area contributed by atoms with Crippen LogP contribution in [-0.2, 0) is 42.4 Å². The second kappa shape index (κ2) is 11.5. The van der Waals surface area contributed by atoms with Gasteiger partial charge in [-0.3, -0.25) is 4.79 Å². The standard InChI is InChI=1S/C36H42N2O6/c1-21-24-11-9-19-43-28(24)18-17-25(21)29-30-26-10-7-8-12-27(26)38(20-22-13-15-23(42-6)16-14-22)32(30)34(39)37(5)31(29)33(35(40)41)44-36(2,3)4/h13-18,33H,7-12,19-20H2,1-6H3,(H,40,41). The van der Waals surface area contributed by atoms with Crippen molar-refractivity contribution in [2.24, 2.45) is 7.05 Å². The largest absolute Gasteiger partial charge is 0.497 e. The fourth-order valence-electron chi connectivity index (χ4n) is 7.05. The van der Waals surface area contributed by atoms with Gasteiger partial charge < -0.3 is 28.5 Å². The van der Waals surface area contributed by atoms with E-state index in [4.69, 9.17) is 14.2 Å². The first-order valence-electron chi connectivity index (χ1n) is 15.6. The Morgan fingerprint density at radius 1 is 1.02 bits per heavy atom. The van der Waals surface area contributed by atoms with Crippen LogP contribution in [0.25, 0.3) is 22.0 Å². The molecular weight excluding hydrogens is 556 g/mol. The van der Waals surface area contributed by atoms with Crippen molar-refractivity contribution in [2.75, 3.05) is 13.7 Å². The van der Waals surface area contributed by atoms with E-state index in [0.29, 0.717) is 24.4 Å². The lowest BCUT2D eigenvalue weighted by molar-refractivity contribution is -0.161. The number of aliphatic carboxylic acids is 1. The summed E-state index contributed by atoms with van der Waals surface area (Å²) in [4.78, 5) is 27.5. The van der Waals surface area contributed by atoms with Gasteiger partial charge in [-0.05, 0) is 112 Å². The fraction of sp³-hybridized carbons (Fsp3) is 0.444. The van der Waals surface area contributed by atoms with Crippen molar-refractivity contribution in [1.82, 2.24) is 9.13 Å². The van der Waals surface area contributed by atoms with Crippen molar-refractivity contribution >= 4 is 16.9 Å². The summed E-state index contributed by atoms with van der Waals surface area (Å²) in [6.07, 6.45) is 4.19. The highest BCUT2D eigenvalue weighted by molar-refractivity contribution is 6.02. The second-order valence-corrected chi connectivity index (χ2v) is 13.0. The minimum atomic E-state index is -1.34. The zero-order chi connectivity index (χ0) is 31.3. The predicted molar refractivity (Wildman–Crippen MR) is 171 cm³/mol. The van der Waals surface area contributed by atoms with E-state index in [1.165, 1.54) is 4.57 Å².